The molecule has 3 rings (SSSR count). The summed E-state index contributed by atoms with van der Waals surface area (Å²) in [7, 11) is 0. The zero-order chi connectivity index (χ0) is 20.1. The topological polar surface area (TPSA) is 58.6 Å². The van der Waals surface area contributed by atoms with E-state index in [9.17, 15) is 9.59 Å². The first kappa shape index (κ1) is 20.7. The van der Waals surface area contributed by atoms with Crippen LogP contribution in [0.3, 0.4) is 0 Å². The Morgan fingerprint density at radius 3 is 2.68 bits per heavy atom. The summed E-state index contributed by atoms with van der Waals surface area (Å²) >= 11 is 9.29. The number of halogens is 2. The fraction of sp³-hybridized carbons (Fsp3) is 0.333. The van der Waals surface area contributed by atoms with Crippen LogP contribution in [0.2, 0.25) is 5.02 Å². The third-order valence-electron chi connectivity index (χ3n) is 4.60. The van der Waals surface area contributed by atoms with E-state index in [2.05, 4.69) is 21.2 Å². The molecule has 148 valence electrons. The van der Waals surface area contributed by atoms with Crippen molar-refractivity contribution in [3.8, 4) is 5.75 Å². The molecule has 2 amide bonds. The fourth-order valence-electron chi connectivity index (χ4n) is 3.06. The fourth-order valence-corrected chi connectivity index (χ4v) is 3.84. The Morgan fingerprint density at radius 2 is 1.96 bits per heavy atom. The van der Waals surface area contributed by atoms with E-state index in [1.54, 1.807) is 25.1 Å². The standard InChI is InChI=1S/C21H22BrClN2O3/c1-14(28-19-8-7-17(23)12-18(19)22)20(26)24-13-15-5-4-6-16(11-15)21(27)25-9-2-3-10-25/h4-8,11-12,14H,2-3,9-10,13H2,1H3,(H,24,26). The summed E-state index contributed by atoms with van der Waals surface area (Å²) in [6.45, 7) is 3.64. The van der Waals surface area contributed by atoms with Crippen LogP contribution in [0.5, 0.6) is 5.75 Å². The predicted molar refractivity (Wildman–Crippen MR) is 113 cm³/mol. The zero-order valence-electron chi connectivity index (χ0n) is 15.6. The summed E-state index contributed by atoms with van der Waals surface area (Å²) in [6.07, 6.45) is 1.44. The second-order valence-corrected chi connectivity index (χ2v) is 8.04. The van der Waals surface area contributed by atoms with Crippen molar-refractivity contribution in [3.05, 3.63) is 63.1 Å². The molecule has 1 saturated heterocycles. The number of carbonyl (C=O) groups is 2. The molecule has 5 nitrogen and oxygen atoms in total. The van der Waals surface area contributed by atoms with E-state index in [1.807, 2.05) is 29.2 Å². The summed E-state index contributed by atoms with van der Waals surface area (Å²) in [6, 6.07) is 12.5. The molecule has 0 aromatic heterocycles. The Kier molecular flexibility index (Phi) is 6.97. The van der Waals surface area contributed by atoms with Crippen LogP contribution in [0, 0.1) is 0 Å². The minimum absolute atomic E-state index is 0.0509. The number of benzene rings is 2. The van der Waals surface area contributed by atoms with Gasteiger partial charge in [0.25, 0.3) is 11.8 Å². The number of nitrogens with zero attached hydrogens (tertiary/aromatic N) is 1. The molecule has 1 unspecified atom stereocenters. The SMILES string of the molecule is CC(Oc1ccc(Cl)cc1Br)C(=O)NCc1cccc(C(=O)N2CCCC2)c1. The predicted octanol–water partition coefficient (Wildman–Crippen LogP) is 4.42. The molecule has 1 aliphatic heterocycles. The van der Waals surface area contributed by atoms with Crippen LogP contribution in [-0.4, -0.2) is 35.9 Å². The lowest BCUT2D eigenvalue weighted by molar-refractivity contribution is -0.127. The van der Waals surface area contributed by atoms with Crippen LogP contribution >= 0.6 is 27.5 Å². The number of nitrogens with one attached hydrogen (secondary N) is 1. The third-order valence-corrected chi connectivity index (χ3v) is 5.46. The van der Waals surface area contributed by atoms with Crippen LogP contribution in [0.1, 0.15) is 35.7 Å². The molecular weight excluding hydrogens is 444 g/mol. The number of rotatable bonds is 6. The minimum atomic E-state index is -0.674. The highest BCUT2D eigenvalue weighted by molar-refractivity contribution is 9.10. The van der Waals surface area contributed by atoms with Gasteiger partial charge in [-0.15, -0.1) is 0 Å². The van der Waals surface area contributed by atoms with Gasteiger partial charge in [-0.3, -0.25) is 9.59 Å². The summed E-state index contributed by atoms with van der Waals surface area (Å²) in [5.41, 5.74) is 1.53. The van der Waals surface area contributed by atoms with Gasteiger partial charge in [-0.1, -0.05) is 23.7 Å². The van der Waals surface area contributed by atoms with Crippen LogP contribution in [0.25, 0.3) is 0 Å². The van der Waals surface area contributed by atoms with E-state index in [0.29, 0.717) is 27.4 Å². The van der Waals surface area contributed by atoms with Crippen molar-refractivity contribution in [2.75, 3.05) is 13.1 Å². The average Bonchev–Trinajstić information content (AvgIpc) is 3.22. The van der Waals surface area contributed by atoms with E-state index in [-0.39, 0.29) is 11.8 Å². The molecule has 7 heteroatoms. The van der Waals surface area contributed by atoms with Gasteiger partial charge in [-0.2, -0.15) is 0 Å². The van der Waals surface area contributed by atoms with E-state index >= 15 is 0 Å². The molecule has 0 aliphatic carbocycles. The van der Waals surface area contributed by atoms with E-state index in [4.69, 9.17) is 16.3 Å². The normalized spacial score (nSPS) is 14.6. The zero-order valence-corrected chi connectivity index (χ0v) is 17.9. The maximum atomic E-state index is 12.5. The number of hydrogen-bond donors (Lipinski definition) is 1. The van der Waals surface area contributed by atoms with Gasteiger partial charge in [0.1, 0.15) is 5.75 Å². The first-order chi connectivity index (χ1) is 13.4. The second-order valence-electron chi connectivity index (χ2n) is 6.75. The maximum Gasteiger partial charge on any atom is 0.261 e. The molecule has 0 spiro atoms. The van der Waals surface area contributed by atoms with Gasteiger partial charge in [0.05, 0.1) is 4.47 Å². The molecule has 0 saturated carbocycles. The van der Waals surface area contributed by atoms with E-state index < -0.39 is 6.10 Å². The van der Waals surface area contributed by atoms with Crippen LogP contribution in [-0.2, 0) is 11.3 Å². The highest BCUT2D eigenvalue weighted by atomic mass is 79.9. The minimum Gasteiger partial charge on any atom is -0.480 e. The van der Waals surface area contributed by atoms with Crippen molar-refractivity contribution in [2.45, 2.75) is 32.4 Å². The number of likely N-dealkylation sites (tertiary alicyclic amines) is 1. The summed E-state index contributed by atoms with van der Waals surface area (Å²) in [4.78, 5) is 26.8. The Labute approximate surface area is 178 Å². The van der Waals surface area contributed by atoms with Gasteiger partial charge in [-0.05, 0) is 71.6 Å². The maximum absolute atomic E-state index is 12.5. The first-order valence-corrected chi connectivity index (χ1v) is 10.4. The van der Waals surface area contributed by atoms with Crippen molar-refractivity contribution in [1.82, 2.24) is 10.2 Å². The van der Waals surface area contributed by atoms with Gasteiger partial charge >= 0.3 is 0 Å². The molecular formula is C21H22BrClN2O3. The number of ether oxygens (including phenoxy) is 1. The highest BCUT2D eigenvalue weighted by Gasteiger charge is 2.20. The lowest BCUT2D eigenvalue weighted by Crippen LogP contribution is -2.36. The number of hydrogen-bond acceptors (Lipinski definition) is 3. The van der Waals surface area contributed by atoms with Crippen LogP contribution in [0.4, 0.5) is 0 Å². The average molecular weight is 466 g/mol. The van der Waals surface area contributed by atoms with E-state index in [1.165, 1.54) is 0 Å². The largest absolute Gasteiger partial charge is 0.480 e. The Hall–Kier alpha value is -2.05. The van der Waals surface area contributed by atoms with E-state index in [0.717, 1.165) is 31.5 Å². The van der Waals surface area contributed by atoms with Crippen molar-refractivity contribution in [3.63, 3.8) is 0 Å². The van der Waals surface area contributed by atoms with Gasteiger partial charge in [-0.25, -0.2) is 0 Å². The van der Waals surface area contributed by atoms with Crippen LogP contribution in [0.15, 0.2) is 46.9 Å². The highest BCUT2D eigenvalue weighted by Crippen LogP contribution is 2.28. The Balaban J connectivity index is 1.56. The molecule has 1 heterocycles. The lowest BCUT2D eigenvalue weighted by Gasteiger charge is -2.17. The van der Waals surface area contributed by atoms with Crippen molar-refractivity contribution in [2.24, 2.45) is 0 Å². The first-order valence-electron chi connectivity index (χ1n) is 9.21. The molecule has 1 aliphatic rings. The number of amides is 2. The summed E-state index contributed by atoms with van der Waals surface area (Å²) in [5, 5.41) is 3.44. The van der Waals surface area contributed by atoms with Gasteiger partial charge < -0.3 is 15.0 Å². The van der Waals surface area contributed by atoms with Gasteiger partial charge in [0.15, 0.2) is 6.10 Å². The van der Waals surface area contributed by atoms with Crippen molar-refractivity contribution >= 4 is 39.3 Å². The molecule has 0 bridgehead atoms. The molecule has 2 aromatic carbocycles. The molecule has 1 N–H and O–H groups in total. The molecule has 28 heavy (non-hydrogen) atoms. The molecule has 2 aromatic rings. The number of carbonyl (C=O) groups excluding carboxylic acids is 2. The van der Waals surface area contributed by atoms with Gasteiger partial charge in [0.2, 0.25) is 0 Å². The summed E-state index contributed by atoms with van der Waals surface area (Å²) in [5.74, 6) is 0.360. The van der Waals surface area contributed by atoms with Crippen molar-refractivity contribution < 1.29 is 14.3 Å². The second kappa shape index (κ2) is 9.43. The smallest absolute Gasteiger partial charge is 0.261 e. The monoisotopic (exact) mass is 464 g/mol. The van der Waals surface area contributed by atoms with Gasteiger partial charge in [0, 0.05) is 30.2 Å². The quantitative estimate of drug-likeness (QED) is 0.687. The molecule has 1 atom stereocenters. The van der Waals surface area contributed by atoms with Crippen molar-refractivity contribution in [1.29, 1.82) is 0 Å². The Bertz CT molecular complexity index is 868. The molecule has 0 radical (unpaired) electrons. The lowest BCUT2D eigenvalue weighted by atomic mass is 10.1. The van der Waals surface area contributed by atoms with Crippen LogP contribution < -0.4 is 10.1 Å². The molecule has 1 fully saturated rings. The Morgan fingerprint density at radius 1 is 1.21 bits per heavy atom. The third kappa shape index (κ3) is 5.26. The summed E-state index contributed by atoms with van der Waals surface area (Å²) < 4.78 is 6.39.